The summed E-state index contributed by atoms with van der Waals surface area (Å²) >= 11 is 3.39. The second kappa shape index (κ2) is 6.18. The van der Waals surface area contributed by atoms with E-state index in [1.165, 1.54) is 0 Å². The maximum absolute atomic E-state index is 12.7. The van der Waals surface area contributed by atoms with Crippen molar-refractivity contribution in [1.29, 1.82) is 0 Å². The number of carboxylic acid groups (broad SMARTS) is 1. The minimum Gasteiger partial charge on any atom is -0.481 e. The number of carboxylic acids is 1. The van der Waals surface area contributed by atoms with E-state index in [1.807, 2.05) is 26.0 Å². The highest BCUT2D eigenvalue weighted by atomic mass is 79.9. The van der Waals surface area contributed by atoms with Gasteiger partial charge in [0.05, 0.1) is 5.41 Å². The van der Waals surface area contributed by atoms with Crippen LogP contribution in [0.2, 0.25) is 0 Å². The average Bonchev–Trinajstić information content (AvgIpc) is 2.46. The maximum Gasteiger partial charge on any atom is 0.311 e. The van der Waals surface area contributed by atoms with Crippen LogP contribution in [0.25, 0.3) is 0 Å². The fourth-order valence-corrected chi connectivity index (χ4v) is 3.43. The third kappa shape index (κ3) is 3.12. The number of amides is 1. The van der Waals surface area contributed by atoms with Crippen LogP contribution in [-0.4, -0.2) is 35.0 Å². The van der Waals surface area contributed by atoms with Crippen LogP contribution in [0, 0.1) is 12.3 Å². The molecule has 1 aromatic carbocycles. The normalized spacial score (nSPS) is 22.1. The van der Waals surface area contributed by atoms with Crippen LogP contribution in [0.4, 0.5) is 0 Å². The Balaban J connectivity index is 2.25. The van der Waals surface area contributed by atoms with Crippen molar-refractivity contribution in [2.45, 2.75) is 33.1 Å². The largest absolute Gasteiger partial charge is 0.481 e. The van der Waals surface area contributed by atoms with Gasteiger partial charge in [0.15, 0.2) is 0 Å². The molecule has 2 rings (SSSR count). The van der Waals surface area contributed by atoms with Crippen molar-refractivity contribution in [1.82, 2.24) is 4.90 Å². The lowest BCUT2D eigenvalue weighted by atomic mass is 9.77. The van der Waals surface area contributed by atoms with Gasteiger partial charge in [-0.2, -0.15) is 0 Å². The topological polar surface area (TPSA) is 57.6 Å². The van der Waals surface area contributed by atoms with E-state index in [0.29, 0.717) is 31.5 Å². The highest BCUT2D eigenvalue weighted by molar-refractivity contribution is 9.10. The Morgan fingerprint density at radius 2 is 2.14 bits per heavy atom. The van der Waals surface area contributed by atoms with Gasteiger partial charge in [-0.25, -0.2) is 0 Å². The van der Waals surface area contributed by atoms with Gasteiger partial charge in [-0.05, 0) is 49.9 Å². The maximum atomic E-state index is 12.7. The summed E-state index contributed by atoms with van der Waals surface area (Å²) in [7, 11) is 0. The third-order valence-electron chi connectivity index (χ3n) is 4.41. The molecule has 1 aliphatic rings. The third-order valence-corrected chi connectivity index (χ3v) is 4.91. The molecule has 4 nitrogen and oxygen atoms in total. The van der Waals surface area contributed by atoms with Gasteiger partial charge in [-0.15, -0.1) is 0 Å². The summed E-state index contributed by atoms with van der Waals surface area (Å²) in [6.45, 7) is 4.70. The van der Waals surface area contributed by atoms with Gasteiger partial charge in [0.1, 0.15) is 0 Å². The minimum absolute atomic E-state index is 0.0706. The van der Waals surface area contributed by atoms with Gasteiger partial charge in [0, 0.05) is 23.1 Å². The Morgan fingerprint density at radius 1 is 1.43 bits per heavy atom. The van der Waals surface area contributed by atoms with Crippen molar-refractivity contribution in [2.75, 3.05) is 13.1 Å². The van der Waals surface area contributed by atoms with Crippen LogP contribution in [0.3, 0.4) is 0 Å². The monoisotopic (exact) mass is 353 g/mol. The number of nitrogens with zero attached hydrogens (tertiary/aromatic N) is 1. The van der Waals surface area contributed by atoms with Crippen LogP contribution in [-0.2, 0) is 4.79 Å². The SMILES string of the molecule is CCC1(C(=O)O)CCCN(C(=O)c2ccc(Br)cc2C)C1. The number of benzene rings is 1. The molecule has 1 fully saturated rings. The lowest BCUT2D eigenvalue weighted by molar-refractivity contribution is -0.152. The highest BCUT2D eigenvalue weighted by Crippen LogP contribution is 2.34. The quantitative estimate of drug-likeness (QED) is 0.904. The minimum atomic E-state index is -0.796. The second-order valence-electron chi connectivity index (χ2n) is 5.73. The predicted molar refractivity (Wildman–Crippen MR) is 84.4 cm³/mol. The Kier molecular flexibility index (Phi) is 4.71. The van der Waals surface area contributed by atoms with Gasteiger partial charge in [-0.1, -0.05) is 22.9 Å². The van der Waals surface area contributed by atoms with E-state index >= 15 is 0 Å². The van der Waals surface area contributed by atoms with Gasteiger partial charge in [-0.3, -0.25) is 9.59 Å². The molecule has 1 N–H and O–H groups in total. The van der Waals surface area contributed by atoms with Crippen LogP contribution in [0.5, 0.6) is 0 Å². The van der Waals surface area contributed by atoms with Gasteiger partial charge in [0.2, 0.25) is 0 Å². The van der Waals surface area contributed by atoms with Crippen LogP contribution >= 0.6 is 15.9 Å². The molecule has 1 atom stereocenters. The Bertz CT molecular complexity index is 573. The van der Waals surface area contributed by atoms with Crippen LogP contribution in [0.15, 0.2) is 22.7 Å². The summed E-state index contributed by atoms with van der Waals surface area (Å²) in [6.07, 6.45) is 1.93. The van der Waals surface area contributed by atoms with Crippen molar-refractivity contribution in [3.63, 3.8) is 0 Å². The van der Waals surface area contributed by atoms with E-state index < -0.39 is 11.4 Å². The fraction of sp³-hybridized carbons (Fsp3) is 0.500. The summed E-state index contributed by atoms with van der Waals surface area (Å²) in [5.41, 5.74) is 0.754. The first kappa shape index (κ1) is 16.0. The van der Waals surface area contributed by atoms with E-state index in [9.17, 15) is 14.7 Å². The summed E-state index contributed by atoms with van der Waals surface area (Å²) in [6, 6.07) is 5.54. The molecular formula is C16H20BrNO3. The number of rotatable bonds is 3. The number of likely N-dealkylation sites (tertiary alicyclic amines) is 1. The molecule has 21 heavy (non-hydrogen) atoms. The Labute approximate surface area is 133 Å². The van der Waals surface area contributed by atoms with Crippen molar-refractivity contribution in [3.8, 4) is 0 Å². The molecule has 1 saturated heterocycles. The standard InChI is InChI=1S/C16H20BrNO3/c1-3-16(15(20)21)7-4-8-18(10-16)14(19)13-6-5-12(17)9-11(13)2/h5-6,9H,3-4,7-8,10H2,1-2H3,(H,20,21). The zero-order chi connectivity index (χ0) is 15.6. The molecule has 1 aromatic rings. The van der Waals surface area contributed by atoms with Crippen LogP contribution in [0.1, 0.15) is 42.1 Å². The lowest BCUT2D eigenvalue weighted by Gasteiger charge is -2.39. The van der Waals surface area contributed by atoms with Crippen molar-refractivity contribution in [2.24, 2.45) is 5.41 Å². The number of piperidine rings is 1. The zero-order valence-electron chi connectivity index (χ0n) is 12.4. The van der Waals surface area contributed by atoms with Crippen LogP contribution < -0.4 is 0 Å². The number of aryl methyl sites for hydroxylation is 1. The van der Waals surface area contributed by atoms with Crippen molar-refractivity contribution >= 4 is 27.8 Å². The Morgan fingerprint density at radius 3 is 2.71 bits per heavy atom. The Hall–Kier alpha value is -1.36. The van der Waals surface area contributed by atoms with Gasteiger partial charge < -0.3 is 10.0 Å². The predicted octanol–water partition coefficient (Wildman–Crippen LogP) is 3.47. The molecule has 0 saturated carbocycles. The molecule has 0 aliphatic carbocycles. The van der Waals surface area contributed by atoms with E-state index in [4.69, 9.17) is 0 Å². The summed E-state index contributed by atoms with van der Waals surface area (Å²) in [5, 5.41) is 9.51. The zero-order valence-corrected chi connectivity index (χ0v) is 13.9. The van der Waals surface area contributed by atoms with E-state index in [0.717, 1.165) is 16.5 Å². The number of hydrogen-bond acceptors (Lipinski definition) is 2. The van der Waals surface area contributed by atoms with Crippen molar-refractivity contribution in [3.05, 3.63) is 33.8 Å². The molecule has 0 aromatic heterocycles. The summed E-state index contributed by atoms with van der Waals surface area (Å²) in [4.78, 5) is 25.9. The average molecular weight is 354 g/mol. The number of aliphatic carboxylic acids is 1. The number of carbonyl (C=O) groups is 2. The summed E-state index contributed by atoms with van der Waals surface area (Å²) < 4.78 is 0.934. The number of halogens is 1. The highest BCUT2D eigenvalue weighted by Gasteiger charge is 2.42. The first-order chi connectivity index (χ1) is 9.89. The molecule has 1 aliphatic heterocycles. The van der Waals surface area contributed by atoms with E-state index in [-0.39, 0.29) is 5.91 Å². The van der Waals surface area contributed by atoms with E-state index in [2.05, 4.69) is 15.9 Å². The molecule has 114 valence electrons. The fourth-order valence-electron chi connectivity index (χ4n) is 2.96. The van der Waals surface area contributed by atoms with E-state index in [1.54, 1.807) is 11.0 Å². The molecule has 0 radical (unpaired) electrons. The molecule has 1 heterocycles. The molecule has 1 unspecified atom stereocenters. The van der Waals surface area contributed by atoms with Gasteiger partial charge in [0.25, 0.3) is 5.91 Å². The molecular weight excluding hydrogens is 334 g/mol. The number of hydrogen-bond donors (Lipinski definition) is 1. The summed E-state index contributed by atoms with van der Waals surface area (Å²) in [5.74, 6) is -0.867. The van der Waals surface area contributed by atoms with Crippen molar-refractivity contribution < 1.29 is 14.7 Å². The number of carbonyl (C=O) groups excluding carboxylic acids is 1. The smallest absolute Gasteiger partial charge is 0.311 e. The molecule has 5 heteroatoms. The molecule has 0 bridgehead atoms. The van der Waals surface area contributed by atoms with Gasteiger partial charge >= 0.3 is 5.97 Å². The first-order valence-corrected chi connectivity index (χ1v) is 7.98. The first-order valence-electron chi connectivity index (χ1n) is 7.18. The second-order valence-corrected chi connectivity index (χ2v) is 6.64. The lowest BCUT2D eigenvalue weighted by Crippen LogP contribution is -2.49. The molecule has 0 spiro atoms. The molecule has 1 amide bonds.